The Labute approximate surface area is 93.6 Å². The molecule has 0 bridgehead atoms. The van der Waals surface area contributed by atoms with E-state index in [1.165, 1.54) is 5.56 Å². The second-order valence-corrected chi connectivity index (χ2v) is 4.34. The summed E-state index contributed by atoms with van der Waals surface area (Å²) >= 11 is 0. The highest BCUT2D eigenvalue weighted by Gasteiger charge is 2.20. The van der Waals surface area contributed by atoms with Crippen LogP contribution in [0.3, 0.4) is 0 Å². The van der Waals surface area contributed by atoms with Crippen LogP contribution >= 0.6 is 0 Å². The van der Waals surface area contributed by atoms with Crippen LogP contribution in [-0.4, -0.2) is 24.8 Å². The maximum Gasteiger partial charge on any atom is 0.185 e. The zero-order valence-electron chi connectivity index (χ0n) is 9.19. The highest BCUT2D eigenvalue weighted by Crippen LogP contribution is 2.31. The molecule has 0 saturated carbocycles. The van der Waals surface area contributed by atoms with E-state index in [0.717, 1.165) is 42.3 Å². The normalized spacial score (nSPS) is 16.3. The first-order valence-electron chi connectivity index (χ1n) is 5.46. The van der Waals surface area contributed by atoms with Crippen molar-refractivity contribution in [2.24, 2.45) is 0 Å². The van der Waals surface area contributed by atoms with Crippen molar-refractivity contribution in [2.45, 2.75) is 13.0 Å². The average Bonchev–Trinajstić information content (AvgIpc) is 2.55. The van der Waals surface area contributed by atoms with E-state index in [1.807, 2.05) is 12.1 Å². The van der Waals surface area contributed by atoms with Crippen molar-refractivity contribution in [3.63, 3.8) is 0 Å². The number of hydrogen-bond donors (Lipinski definition) is 0. The molecule has 16 heavy (non-hydrogen) atoms. The van der Waals surface area contributed by atoms with Crippen molar-refractivity contribution in [3.8, 4) is 0 Å². The summed E-state index contributed by atoms with van der Waals surface area (Å²) in [6, 6.07) is 6.04. The van der Waals surface area contributed by atoms with Crippen LogP contribution in [-0.2, 0) is 13.0 Å². The Morgan fingerprint density at radius 1 is 1.44 bits per heavy atom. The van der Waals surface area contributed by atoms with Crippen LogP contribution in [0.4, 0.5) is 0 Å². The fourth-order valence-electron chi connectivity index (χ4n) is 2.43. The molecule has 0 spiro atoms. The molecule has 3 nitrogen and oxygen atoms in total. The summed E-state index contributed by atoms with van der Waals surface area (Å²) < 4.78 is 5.57. The van der Waals surface area contributed by atoms with E-state index in [9.17, 15) is 4.79 Å². The Morgan fingerprint density at radius 2 is 2.31 bits per heavy atom. The van der Waals surface area contributed by atoms with Gasteiger partial charge in [-0.3, -0.25) is 4.79 Å². The zero-order valence-corrected chi connectivity index (χ0v) is 9.19. The molecule has 1 aliphatic rings. The van der Waals surface area contributed by atoms with E-state index in [4.69, 9.17) is 4.42 Å². The van der Waals surface area contributed by atoms with Gasteiger partial charge in [0.25, 0.3) is 0 Å². The first-order chi connectivity index (χ1) is 7.79. The molecule has 0 aliphatic carbocycles. The molecule has 3 rings (SSSR count). The molecule has 0 radical (unpaired) electrons. The van der Waals surface area contributed by atoms with Crippen LogP contribution in [0.25, 0.3) is 11.0 Å². The maximum atomic E-state index is 11.0. The number of nitrogens with zero attached hydrogens (tertiary/aromatic N) is 1. The zero-order chi connectivity index (χ0) is 11.1. The molecule has 3 heteroatoms. The fraction of sp³-hybridized carbons (Fsp3) is 0.308. The number of likely N-dealkylation sites (N-methyl/N-ethyl adjacent to an activating group) is 1. The lowest BCUT2D eigenvalue weighted by Crippen LogP contribution is -2.18. The van der Waals surface area contributed by atoms with Crippen LogP contribution in [0.1, 0.15) is 21.7 Å². The summed E-state index contributed by atoms with van der Waals surface area (Å²) in [6.45, 7) is 1.81. The van der Waals surface area contributed by atoms with Gasteiger partial charge in [0.2, 0.25) is 0 Å². The predicted molar refractivity (Wildman–Crippen MR) is 61.6 cm³/mol. The summed E-state index contributed by atoms with van der Waals surface area (Å²) in [5.74, 6) is 0.483. The monoisotopic (exact) mass is 215 g/mol. The summed E-state index contributed by atoms with van der Waals surface area (Å²) in [6.07, 6.45) is 1.83. The van der Waals surface area contributed by atoms with Crippen molar-refractivity contribution in [2.75, 3.05) is 13.6 Å². The van der Waals surface area contributed by atoms with E-state index in [1.54, 1.807) is 0 Å². The Kier molecular flexibility index (Phi) is 2.07. The maximum absolute atomic E-state index is 11.0. The van der Waals surface area contributed by atoms with Gasteiger partial charge in [0.1, 0.15) is 5.58 Å². The molecule has 0 atom stereocenters. The summed E-state index contributed by atoms with van der Waals surface area (Å²) in [5.41, 5.74) is 3.17. The van der Waals surface area contributed by atoms with Crippen molar-refractivity contribution in [1.29, 1.82) is 0 Å². The molecule has 1 aliphatic heterocycles. The van der Waals surface area contributed by atoms with Crippen LogP contribution < -0.4 is 0 Å². The van der Waals surface area contributed by atoms with Crippen molar-refractivity contribution in [1.82, 2.24) is 4.90 Å². The molecule has 0 N–H and O–H groups in total. The molecule has 2 heterocycles. The highest BCUT2D eigenvalue weighted by atomic mass is 16.3. The van der Waals surface area contributed by atoms with Crippen molar-refractivity contribution < 1.29 is 9.21 Å². The summed E-state index contributed by atoms with van der Waals surface area (Å²) in [5, 5.41) is 1.15. The van der Waals surface area contributed by atoms with Gasteiger partial charge < -0.3 is 9.32 Å². The van der Waals surface area contributed by atoms with E-state index in [2.05, 4.69) is 18.0 Å². The SMILES string of the molecule is CN1CCc2cccc3oc(C=O)c(c23)C1. The minimum Gasteiger partial charge on any atom is -0.453 e. The first kappa shape index (κ1) is 9.60. The smallest absolute Gasteiger partial charge is 0.185 e. The molecular formula is C13H13NO2. The average molecular weight is 215 g/mol. The minimum atomic E-state index is 0.483. The van der Waals surface area contributed by atoms with Gasteiger partial charge in [-0.15, -0.1) is 0 Å². The lowest BCUT2D eigenvalue weighted by Gasteiger charge is -2.12. The predicted octanol–water partition coefficient (Wildman–Crippen LogP) is 2.23. The molecule has 2 aromatic rings. The Morgan fingerprint density at radius 3 is 3.12 bits per heavy atom. The van der Waals surface area contributed by atoms with Crippen molar-refractivity contribution in [3.05, 3.63) is 35.1 Å². The lowest BCUT2D eigenvalue weighted by molar-refractivity contribution is 0.110. The Bertz CT molecular complexity index is 556. The summed E-state index contributed by atoms with van der Waals surface area (Å²) in [7, 11) is 2.07. The van der Waals surface area contributed by atoms with Gasteiger partial charge in [-0.25, -0.2) is 0 Å². The largest absolute Gasteiger partial charge is 0.453 e. The summed E-state index contributed by atoms with van der Waals surface area (Å²) in [4.78, 5) is 13.2. The van der Waals surface area contributed by atoms with Gasteiger partial charge in [0.15, 0.2) is 12.0 Å². The van der Waals surface area contributed by atoms with Gasteiger partial charge in [0, 0.05) is 24.0 Å². The van der Waals surface area contributed by atoms with Gasteiger partial charge in [0.05, 0.1) is 0 Å². The Balaban J connectivity index is 2.36. The number of aldehydes is 1. The molecule has 1 aromatic heterocycles. The number of furan rings is 1. The molecule has 82 valence electrons. The second kappa shape index (κ2) is 3.46. The first-order valence-corrected chi connectivity index (χ1v) is 5.46. The number of carbonyl (C=O) groups is 1. The number of rotatable bonds is 1. The molecule has 0 fully saturated rings. The third-order valence-electron chi connectivity index (χ3n) is 3.23. The quantitative estimate of drug-likeness (QED) is 0.684. The number of carbonyl (C=O) groups excluding carboxylic acids is 1. The van der Waals surface area contributed by atoms with Crippen LogP contribution in [0, 0.1) is 0 Å². The van der Waals surface area contributed by atoms with Crippen LogP contribution in [0.5, 0.6) is 0 Å². The van der Waals surface area contributed by atoms with E-state index in [-0.39, 0.29) is 0 Å². The molecule has 0 amide bonds. The van der Waals surface area contributed by atoms with E-state index < -0.39 is 0 Å². The van der Waals surface area contributed by atoms with Crippen LogP contribution in [0.15, 0.2) is 22.6 Å². The number of benzene rings is 1. The van der Waals surface area contributed by atoms with Crippen LogP contribution in [0.2, 0.25) is 0 Å². The minimum absolute atomic E-state index is 0.483. The molecule has 0 unspecified atom stereocenters. The van der Waals surface area contributed by atoms with Gasteiger partial charge in [-0.05, 0) is 25.1 Å². The van der Waals surface area contributed by atoms with Gasteiger partial charge >= 0.3 is 0 Å². The molecule has 1 aromatic carbocycles. The third kappa shape index (κ3) is 1.28. The lowest BCUT2D eigenvalue weighted by atomic mass is 10.0. The Hall–Kier alpha value is -1.61. The topological polar surface area (TPSA) is 33.5 Å². The van der Waals surface area contributed by atoms with E-state index in [0.29, 0.717) is 5.76 Å². The molecule has 0 saturated heterocycles. The fourth-order valence-corrected chi connectivity index (χ4v) is 2.43. The van der Waals surface area contributed by atoms with Gasteiger partial charge in [-0.1, -0.05) is 12.1 Å². The highest BCUT2D eigenvalue weighted by molar-refractivity contribution is 5.92. The van der Waals surface area contributed by atoms with Crippen molar-refractivity contribution >= 4 is 17.3 Å². The van der Waals surface area contributed by atoms with E-state index >= 15 is 0 Å². The van der Waals surface area contributed by atoms with Gasteiger partial charge in [-0.2, -0.15) is 0 Å². The second-order valence-electron chi connectivity index (χ2n) is 4.34. The third-order valence-corrected chi connectivity index (χ3v) is 3.23. The standard InChI is InChI=1S/C13H13NO2/c1-14-6-5-9-3-2-4-11-13(9)10(7-14)12(8-15)16-11/h2-4,8H,5-7H2,1H3. The molecular weight excluding hydrogens is 202 g/mol. The number of hydrogen-bond acceptors (Lipinski definition) is 3.